The number of aliphatic hydroxyl groups excluding tert-OH is 1. The van der Waals surface area contributed by atoms with Crippen molar-refractivity contribution in [1.82, 2.24) is 10.2 Å². The third kappa shape index (κ3) is 5.63. The Labute approximate surface area is 139 Å². The largest absolute Gasteiger partial charge is 0.396 e. The highest BCUT2D eigenvalue weighted by Gasteiger charge is 2.32. The molecule has 0 aromatic heterocycles. The van der Waals surface area contributed by atoms with E-state index in [2.05, 4.69) is 29.3 Å². The number of rotatable bonds is 8. The van der Waals surface area contributed by atoms with Crippen molar-refractivity contribution in [3.63, 3.8) is 0 Å². The van der Waals surface area contributed by atoms with Crippen molar-refractivity contribution in [1.29, 1.82) is 0 Å². The summed E-state index contributed by atoms with van der Waals surface area (Å²) in [7, 11) is 0. The van der Waals surface area contributed by atoms with Crippen LogP contribution in [0.5, 0.6) is 0 Å². The van der Waals surface area contributed by atoms with Crippen LogP contribution in [0.15, 0.2) is 30.3 Å². The smallest absolute Gasteiger partial charge is 0.234 e. The molecule has 1 aliphatic rings. The van der Waals surface area contributed by atoms with E-state index in [1.54, 1.807) is 0 Å². The first-order chi connectivity index (χ1) is 11.2. The van der Waals surface area contributed by atoms with Gasteiger partial charge in [0.05, 0.1) is 6.54 Å². The maximum absolute atomic E-state index is 12.0. The third-order valence-corrected chi connectivity index (χ3v) is 5.18. The lowest BCUT2D eigenvalue weighted by molar-refractivity contribution is -0.123. The molecule has 0 atom stereocenters. The Morgan fingerprint density at radius 3 is 2.57 bits per heavy atom. The fraction of sp³-hybridized carbons (Fsp3) is 0.632. The number of nitrogens with one attached hydrogen (secondary N) is 1. The molecule has 0 spiro atoms. The molecule has 4 nitrogen and oxygen atoms in total. The molecule has 1 aliphatic heterocycles. The van der Waals surface area contributed by atoms with Crippen molar-refractivity contribution in [3.05, 3.63) is 35.9 Å². The number of hydrogen-bond acceptors (Lipinski definition) is 3. The van der Waals surface area contributed by atoms with Gasteiger partial charge in [-0.25, -0.2) is 0 Å². The SMILES string of the molecule is CCC1(CO)CCN(CC(=O)NCCCc2ccccc2)CC1. The summed E-state index contributed by atoms with van der Waals surface area (Å²) in [6.07, 6.45) is 4.96. The van der Waals surface area contributed by atoms with E-state index in [4.69, 9.17) is 0 Å². The first-order valence-corrected chi connectivity index (χ1v) is 8.81. The number of amides is 1. The van der Waals surface area contributed by atoms with Crippen LogP contribution in [0.25, 0.3) is 0 Å². The van der Waals surface area contributed by atoms with Crippen LogP contribution in [0.4, 0.5) is 0 Å². The Bertz CT molecular complexity index is 462. The molecule has 0 aliphatic carbocycles. The van der Waals surface area contributed by atoms with E-state index >= 15 is 0 Å². The van der Waals surface area contributed by atoms with Crippen LogP contribution in [-0.2, 0) is 11.2 Å². The van der Waals surface area contributed by atoms with Gasteiger partial charge in [0.15, 0.2) is 0 Å². The molecule has 2 N–H and O–H groups in total. The lowest BCUT2D eigenvalue weighted by Gasteiger charge is -2.39. The number of nitrogens with zero attached hydrogens (tertiary/aromatic N) is 1. The van der Waals surface area contributed by atoms with Gasteiger partial charge in [0.2, 0.25) is 5.91 Å². The van der Waals surface area contributed by atoms with E-state index in [0.717, 1.165) is 51.7 Å². The summed E-state index contributed by atoms with van der Waals surface area (Å²) in [4.78, 5) is 14.2. The van der Waals surface area contributed by atoms with Crippen molar-refractivity contribution in [2.24, 2.45) is 5.41 Å². The molecular weight excluding hydrogens is 288 g/mol. The molecule has 4 heteroatoms. The molecule has 128 valence electrons. The van der Waals surface area contributed by atoms with Gasteiger partial charge in [-0.1, -0.05) is 37.3 Å². The van der Waals surface area contributed by atoms with Crippen LogP contribution in [0, 0.1) is 5.41 Å². The Morgan fingerprint density at radius 2 is 1.96 bits per heavy atom. The number of carbonyl (C=O) groups is 1. The summed E-state index contributed by atoms with van der Waals surface area (Å²) in [5, 5.41) is 12.6. The van der Waals surface area contributed by atoms with Crippen molar-refractivity contribution in [2.75, 3.05) is 32.8 Å². The average molecular weight is 318 g/mol. The zero-order valence-electron chi connectivity index (χ0n) is 14.3. The highest BCUT2D eigenvalue weighted by atomic mass is 16.3. The summed E-state index contributed by atoms with van der Waals surface area (Å²) in [5.41, 5.74) is 1.40. The molecule has 1 saturated heterocycles. The van der Waals surface area contributed by atoms with Crippen LogP contribution in [0.2, 0.25) is 0 Å². The van der Waals surface area contributed by atoms with E-state index in [-0.39, 0.29) is 17.9 Å². The van der Waals surface area contributed by atoms with Crippen molar-refractivity contribution in [2.45, 2.75) is 39.0 Å². The second kappa shape index (κ2) is 9.04. The minimum absolute atomic E-state index is 0.0860. The topological polar surface area (TPSA) is 52.6 Å². The fourth-order valence-corrected chi connectivity index (χ4v) is 3.23. The third-order valence-electron chi connectivity index (χ3n) is 5.18. The predicted octanol–water partition coefficient (Wildman–Crippen LogP) is 2.22. The minimum Gasteiger partial charge on any atom is -0.396 e. The molecule has 1 aromatic carbocycles. The van der Waals surface area contributed by atoms with Gasteiger partial charge in [0.25, 0.3) is 0 Å². The molecule has 2 rings (SSSR count). The molecule has 0 bridgehead atoms. The predicted molar refractivity (Wildman–Crippen MR) is 93.3 cm³/mol. The summed E-state index contributed by atoms with van der Waals surface area (Å²) in [6.45, 7) is 5.44. The molecule has 1 amide bonds. The van der Waals surface area contributed by atoms with Gasteiger partial charge in [-0.05, 0) is 56.2 Å². The summed E-state index contributed by atoms with van der Waals surface area (Å²) in [5.74, 6) is 0.117. The second-order valence-corrected chi connectivity index (χ2v) is 6.73. The van der Waals surface area contributed by atoms with E-state index in [0.29, 0.717) is 6.54 Å². The number of aryl methyl sites for hydroxylation is 1. The number of benzene rings is 1. The molecule has 0 radical (unpaired) electrons. The molecular formula is C19H30N2O2. The summed E-state index contributed by atoms with van der Waals surface area (Å²) in [6, 6.07) is 10.4. The van der Waals surface area contributed by atoms with Gasteiger partial charge in [-0.15, -0.1) is 0 Å². The lowest BCUT2D eigenvalue weighted by Crippen LogP contribution is -2.45. The van der Waals surface area contributed by atoms with E-state index in [9.17, 15) is 9.90 Å². The first kappa shape index (κ1) is 18.0. The van der Waals surface area contributed by atoms with Crippen molar-refractivity contribution >= 4 is 5.91 Å². The number of hydrogen-bond donors (Lipinski definition) is 2. The Kier molecular flexibility index (Phi) is 7.06. The van der Waals surface area contributed by atoms with Gasteiger partial charge in [0.1, 0.15) is 0 Å². The fourth-order valence-electron chi connectivity index (χ4n) is 3.23. The Morgan fingerprint density at radius 1 is 1.26 bits per heavy atom. The van der Waals surface area contributed by atoms with Gasteiger partial charge in [-0.3, -0.25) is 9.69 Å². The molecule has 23 heavy (non-hydrogen) atoms. The van der Waals surface area contributed by atoms with Crippen molar-refractivity contribution < 1.29 is 9.90 Å². The van der Waals surface area contributed by atoms with Crippen molar-refractivity contribution in [3.8, 4) is 0 Å². The average Bonchev–Trinajstić information content (AvgIpc) is 2.61. The monoisotopic (exact) mass is 318 g/mol. The highest BCUT2D eigenvalue weighted by molar-refractivity contribution is 5.77. The Balaban J connectivity index is 1.60. The molecule has 1 fully saturated rings. The Hall–Kier alpha value is -1.39. The molecule has 1 aromatic rings. The molecule has 0 unspecified atom stereocenters. The van der Waals surface area contributed by atoms with Crippen LogP contribution >= 0.6 is 0 Å². The van der Waals surface area contributed by atoms with E-state index in [1.165, 1.54) is 5.56 Å². The van der Waals surface area contributed by atoms with Crippen LogP contribution < -0.4 is 5.32 Å². The number of aliphatic hydroxyl groups is 1. The molecule has 1 heterocycles. The minimum atomic E-state index is 0.0860. The lowest BCUT2D eigenvalue weighted by atomic mass is 9.77. The van der Waals surface area contributed by atoms with E-state index < -0.39 is 0 Å². The van der Waals surface area contributed by atoms with Gasteiger partial charge >= 0.3 is 0 Å². The highest BCUT2D eigenvalue weighted by Crippen LogP contribution is 2.33. The maximum atomic E-state index is 12.0. The maximum Gasteiger partial charge on any atom is 0.234 e. The van der Waals surface area contributed by atoms with E-state index in [1.807, 2.05) is 18.2 Å². The second-order valence-electron chi connectivity index (χ2n) is 6.73. The standard InChI is InChI=1S/C19H30N2O2/c1-2-19(16-22)10-13-21(14-11-19)15-18(23)20-12-6-9-17-7-4-3-5-8-17/h3-5,7-8,22H,2,6,9-16H2,1H3,(H,20,23). The van der Waals surface area contributed by atoms with Gasteiger partial charge in [-0.2, -0.15) is 0 Å². The number of piperidine rings is 1. The first-order valence-electron chi connectivity index (χ1n) is 8.81. The summed E-state index contributed by atoms with van der Waals surface area (Å²) < 4.78 is 0. The number of likely N-dealkylation sites (tertiary alicyclic amines) is 1. The van der Waals surface area contributed by atoms with Gasteiger partial charge < -0.3 is 10.4 Å². The van der Waals surface area contributed by atoms with Gasteiger partial charge in [0, 0.05) is 13.2 Å². The molecule has 0 saturated carbocycles. The normalized spacial score (nSPS) is 17.8. The van der Waals surface area contributed by atoms with Crippen LogP contribution in [0.3, 0.4) is 0 Å². The zero-order valence-corrected chi connectivity index (χ0v) is 14.3. The number of carbonyl (C=O) groups excluding carboxylic acids is 1. The zero-order chi connectivity index (χ0) is 16.5. The van der Waals surface area contributed by atoms with Crippen LogP contribution in [-0.4, -0.2) is 48.7 Å². The van der Waals surface area contributed by atoms with Crippen LogP contribution in [0.1, 0.15) is 38.2 Å². The quantitative estimate of drug-likeness (QED) is 0.723. The summed E-state index contributed by atoms with van der Waals surface area (Å²) >= 11 is 0.